The van der Waals surface area contributed by atoms with Crippen LogP contribution in [-0.2, 0) is 4.74 Å². The number of aliphatic hydroxyl groups is 1. The highest BCUT2D eigenvalue weighted by atomic mass is 16.5. The smallest absolute Gasteiger partial charge is 0.0602 e. The molecule has 0 aromatic heterocycles. The molecule has 0 aromatic rings. The molecule has 17 heavy (non-hydrogen) atoms. The molecule has 0 bridgehead atoms. The van der Waals surface area contributed by atoms with Crippen LogP contribution >= 0.6 is 0 Å². The van der Waals surface area contributed by atoms with Gasteiger partial charge in [0.15, 0.2) is 0 Å². The number of nitrogens with two attached hydrogens (primary N) is 1. The van der Waals surface area contributed by atoms with E-state index in [9.17, 15) is 5.11 Å². The van der Waals surface area contributed by atoms with Crippen molar-refractivity contribution >= 4 is 0 Å². The van der Waals surface area contributed by atoms with Crippen molar-refractivity contribution in [2.75, 3.05) is 26.9 Å². The van der Waals surface area contributed by atoms with Crippen molar-refractivity contribution in [1.29, 1.82) is 0 Å². The Morgan fingerprint density at radius 3 is 2.53 bits per heavy atom. The lowest BCUT2D eigenvalue weighted by atomic mass is 10.0. The summed E-state index contributed by atoms with van der Waals surface area (Å²) in [6.45, 7) is 6.01. The molecule has 102 valence electrons. The quantitative estimate of drug-likeness (QED) is 0.631. The van der Waals surface area contributed by atoms with Crippen LogP contribution in [0.5, 0.6) is 0 Å². The first-order valence-electron chi connectivity index (χ1n) is 6.76. The molecule has 0 amide bonds. The molecule has 0 heterocycles. The zero-order chi connectivity index (χ0) is 12.8. The number of methoxy groups -OCH3 is 1. The highest BCUT2D eigenvalue weighted by Gasteiger charge is 2.36. The SMILES string of the molecule is CCC(N)C(CO)N(CCOC)C(C)C1CC1. The van der Waals surface area contributed by atoms with Crippen LogP contribution in [0.4, 0.5) is 0 Å². The molecule has 0 aromatic carbocycles. The third-order valence-electron chi connectivity index (χ3n) is 3.96. The molecule has 1 fully saturated rings. The molecule has 4 nitrogen and oxygen atoms in total. The van der Waals surface area contributed by atoms with Crippen LogP contribution in [0.15, 0.2) is 0 Å². The third-order valence-corrected chi connectivity index (χ3v) is 3.96. The van der Waals surface area contributed by atoms with E-state index in [0.717, 1.165) is 18.9 Å². The van der Waals surface area contributed by atoms with Gasteiger partial charge in [0.25, 0.3) is 0 Å². The minimum Gasteiger partial charge on any atom is -0.395 e. The zero-order valence-corrected chi connectivity index (χ0v) is 11.4. The van der Waals surface area contributed by atoms with Crippen molar-refractivity contribution in [2.24, 2.45) is 11.7 Å². The Labute approximate surface area is 105 Å². The third kappa shape index (κ3) is 4.21. The number of hydrogen-bond acceptors (Lipinski definition) is 4. The van der Waals surface area contributed by atoms with E-state index < -0.39 is 0 Å². The Bertz CT molecular complexity index is 210. The van der Waals surface area contributed by atoms with Crippen molar-refractivity contribution in [3.63, 3.8) is 0 Å². The van der Waals surface area contributed by atoms with Crippen LogP contribution in [0.2, 0.25) is 0 Å². The molecule has 3 unspecified atom stereocenters. The fourth-order valence-electron chi connectivity index (χ4n) is 2.48. The molecule has 1 aliphatic carbocycles. The van der Waals surface area contributed by atoms with Gasteiger partial charge >= 0.3 is 0 Å². The summed E-state index contributed by atoms with van der Waals surface area (Å²) >= 11 is 0. The van der Waals surface area contributed by atoms with Gasteiger partial charge in [-0.15, -0.1) is 0 Å². The van der Waals surface area contributed by atoms with E-state index in [-0.39, 0.29) is 18.7 Å². The van der Waals surface area contributed by atoms with Crippen LogP contribution < -0.4 is 5.73 Å². The second kappa shape index (κ2) is 7.31. The highest BCUT2D eigenvalue weighted by Crippen LogP contribution is 2.36. The van der Waals surface area contributed by atoms with Gasteiger partial charge < -0.3 is 15.6 Å². The Hall–Kier alpha value is -0.160. The summed E-state index contributed by atoms with van der Waals surface area (Å²) in [5.74, 6) is 0.782. The fourth-order valence-corrected chi connectivity index (χ4v) is 2.48. The van der Waals surface area contributed by atoms with Crippen LogP contribution in [0.3, 0.4) is 0 Å². The van der Waals surface area contributed by atoms with Gasteiger partial charge in [0.2, 0.25) is 0 Å². The molecule has 3 atom stereocenters. The summed E-state index contributed by atoms with van der Waals surface area (Å²) in [5, 5.41) is 9.59. The molecule has 0 saturated heterocycles. The highest BCUT2D eigenvalue weighted by molar-refractivity contribution is 4.91. The fraction of sp³-hybridized carbons (Fsp3) is 1.00. The maximum atomic E-state index is 9.59. The minimum absolute atomic E-state index is 0.0399. The van der Waals surface area contributed by atoms with Crippen molar-refractivity contribution in [2.45, 2.75) is 51.2 Å². The normalized spacial score (nSPS) is 21.5. The Morgan fingerprint density at radius 2 is 2.12 bits per heavy atom. The summed E-state index contributed by atoms with van der Waals surface area (Å²) in [4.78, 5) is 2.34. The van der Waals surface area contributed by atoms with Crippen molar-refractivity contribution < 1.29 is 9.84 Å². The summed E-state index contributed by atoms with van der Waals surface area (Å²) in [7, 11) is 1.72. The van der Waals surface area contributed by atoms with E-state index >= 15 is 0 Å². The monoisotopic (exact) mass is 244 g/mol. The zero-order valence-electron chi connectivity index (χ0n) is 11.4. The Morgan fingerprint density at radius 1 is 1.47 bits per heavy atom. The first-order valence-corrected chi connectivity index (χ1v) is 6.76. The Balaban J connectivity index is 2.63. The van der Waals surface area contributed by atoms with E-state index in [2.05, 4.69) is 18.7 Å². The molecule has 0 aliphatic heterocycles. The maximum Gasteiger partial charge on any atom is 0.0602 e. The van der Waals surface area contributed by atoms with Gasteiger partial charge in [-0.25, -0.2) is 0 Å². The molecule has 4 heteroatoms. The first kappa shape index (κ1) is 14.9. The topological polar surface area (TPSA) is 58.7 Å². The molecular formula is C13H28N2O2. The summed E-state index contributed by atoms with van der Waals surface area (Å²) in [5.41, 5.74) is 6.12. The van der Waals surface area contributed by atoms with Crippen LogP contribution in [0.1, 0.15) is 33.1 Å². The standard InChI is InChI=1S/C13H28N2O2/c1-4-12(14)13(9-16)15(7-8-17-3)10(2)11-5-6-11/h10-13,16H,4-9,14H2,1-3H3. The van der Waals surface area contributed by atoms with Gasteiger partial charge in [-0.1, -0.05) is 6.92 Å². The maximum absolute atomic E-state index is 9.59. The predicted molar refractivity (Wildman–Crippen MR) is 69.9 cm³/mol. The van der Waals surface area contributed by atoms with E-state index in [1.165, 1.54) is 12.8 Å². The number of aliphatic hydroxyl groups excluding tert-OH is 1. The minimum atomic E-state index is 0.0399. The summed E-state index contributed by atoms with van der Waals surface area (Å²) in [6, 6.07) is 0.601. The van der Waals surface area contributed by atoms with Gasteiger partial charge in [-0.2, -0.15) is 0 Å². The average Bonchev–Trinajstić information content (AvgIpc) is 3.17. The second-order valence-corrected chi connectivity index (χ2v) is 5.13. The largest absolute Gasteiger partial charge is 0.395 e. The molecule has 1 aliphatic rings. The van der Waals surface area contributed by atoms with Crippen molar-refractivity contribution in [3.8, 4) is 0 Å². The van der Waals surface area contributed by atoms with Gasteiger partial charge in [-0.05, 0) is 32.1 Å². The molecule has 1 rings (SSSR count). The number of hydrogen-bond donors (Lipinski definition) is 2. The van der Waals surface area contributed by atoms with Crippen molar-refractivity contribution in [3.05, 3.63) is 0 Å². The van der Waals surface area contributed by atoms with Gasteiger partial charge in [0, 0.05) is 31.8 Å². The van der Waals surface area contributed by atoms with Crippen LogP contribution in [-0.4, -0.2) is 55.0 Å². The second-order valence-electron chi connectivity index (χ2n) is 5.13. The average molecular weight is 244 g/mol. The van der Waals surface area contributed by atoms with E-state index in [4.69, 9.17) is 10.5 Å². The molecule has 1 saturated carbocycles. The number of nitrogens with zero attached hydrogens (tertiary/aromatic N) is 1. The summed E-state index contributed by atoms with van der Waals surface area (Å²) in [6.07, 6.45) is 3.51. The predicted octanol–water partition coefficient (Wildman–Crippen LogP) is 0.832. The van der Waals surface area contributed by atoms with E-state index in [1.54, 1.807) is 7.11 Å². The molecular weight excluding hydrogens is 216 g/mol. The Kier molecular flexibility index (Phi) is 6.41. The van der Waals surface area contributed by atoms with Crippen LogP contribution in [0.25, 0.3) is 0 Å². The van der Waals surface area contributed by atoms with Crippen molar-refractivity contribution in [1.82, 2.24) is 4.90 Å². The number of rotatable bonds is 9. The molecule has 3 N–H and O–H groups in total. The van der Waals surface area contributed by atoms with Gasteiger partial charge in [0.05, 0.1) is 13.2 Å². The number of ether oxygens (including phenoxy) is 1. The van der Waals surface area contributed by atoms with Crippen LogP contribution in [0, 0.1) is 5.92 Å². The van der Waals surface area contributed by atoms with Gasteiger partial charge in [-0.3, -0.25) is 4.90 Å². The summed E-state index contributed by atoms with van der Waals surface area (Å²) < 4.78 is 5.17. The first-order chi connectivity index (χ1) is 8.15. The lowest BCUT2D eigenvalue weighted by Crippen LogP contribution is -2.54. The van der Waals surface area contributed by atoms with Gasteiger partial charge in [0.1, 0.15) is 0 Å². The van der Waals surface area contributed by atoms with E-state index in [1.807, 2.05) is 0 Å². The van der Waals surface area contributed by atoms with E-state index in [0.29, 0.717) is 12.6 Å². The lowest BCUT2D eigenvalue weighted by Gasteiger charge is -2.38. The molecule has 0 spiro atoms. The molecule has 0 radical (unpaired) electrons. The lowest BCUT2D eigenvalue weighted by molar-refractivity contribution is 0.0399.